The standard InChI is InChI=1S/C21H25FN2O4S/c1-3-28-21(25)18-6-10-20(11-7-18)29(26,27)24-14-12-23(13-15-24)16(2)17-4-8-19(22)9-5-17/h4-11,16H,3,12-15H2,1-2H3/t16-/m1/s1. The van der Waals surface area contributed by atoms with Crippen molar-refractivity contribution in [3.8, 4) is 0 Å². The molecule has 1 aliphatic rings. The molecule has 1 atom stereocenters. The van der Waals surface area contributed by atoms with Gasteiger partial charge in [-0.2, -0.15) is 4.31 Å². The second-order valence-electron chi connectivity index (χ2n) is 6.91. The molecule has 0 amide bonds. The maximum atomic E-state index is 13.1. The van der Waals surface area contributed by atoms with Gasteiger partial charge in [-0.3, -0.25) is 4.90 Å². The number of hydrogen-bond donors (Lipinski definition) is 0. The van der Waals surface area contributed by atoms with Gasteiger partial charge in [0, 0.05) is 32.2 Å². The fourth-order valence-corrected chi connectivity index (χ4v) is 4.83. The second-order valence-corrected chi connectivity index (χ2v) is 8.85. The summed E-state index contributed by atoms with van der Waals surface area (Å²) in [5, 5.41) is 0. The summed E-state index contributed by atoms with van der Waals surface area (Å²) in [5.74, 6) is -0.745. The molecule has 29 heavy (non-hydrogen) atoms. The first-order valence-corrected chi connectivity index (χ1v) is 11.0. The molecule has 2 aromatic rings. The van der Waals surface area contributed by atoms with Crippen molar-refractivity contribution < 1.29 is 22.3 Å². The molecule has 2 aromatic carbocycles. The lowest BCUT2D eigenvalue weighted by Crippen LogP contribution is -2.49. The minimum Gasteiger partial charge on any atom is -0.462 e. The van der Waals surface area contributed by atoms with Gasteiger partial charge in [-0.1, -0.05) is 12.1 Å². The zero-order valence-corrected chi connectivity index (χ0v) is 17.4. The van der Waals surface area contributed by atoms with E-state index in [0.29, 0.717) is 31.7 Å². The highest BCUT2D eigenvalue weighted by atomic mass is 32.2. The molecule has 3 rings (SSSR count). The molecule has 0 unspecified atom stereocenters. The van der Waals surface area contributed by atoms with E-state index in [0.717, 1.165) is 5.56 Å². The van der Waals surface area contributed by atoms with Gasteiger partial charge in [0.1, 0.15) is 5.82 Å². The van der Waals surface area contributed by atoms with Crippen LogP contribution in [-0.2, 0) is 14.8 Å². The number of rotatable bonds is 6. The number of ether oxygens (including phenoxy) is 1. The van der Waals surface area contributed by atoms with Crippen LogP contribution in [-0.4, -0.2) is 56.4 Å². The van der Waals surface area contributed by atoms with E-state index in [9.17, 15) is 17.6 Å². The highest BCUT2D eigenvalue weighted by Crippen LogP contribution is 2.24. The van der Waals surface area contributed by atoms with Crippen LogP contribution < -0.4 is 0 Å². The Morgan fingerprint density at radius 1 is 1.03 bits per heavy atom. The van der Waals surface area contributed by atoms with Crippen molar-refractivity contribution in [2.45, 2.75) is 24.8 Å². The summed E-state index contributed by atoms with van der Waals surface area (Å²) in [6, 6.07) is 12.3. The van der Waals surface area contributed by atoms with Crippen LogP contribution in [0.2, 0.25) is 0 Å². The predicted octanol–water partition coefficient (Wildman–Crippen LogP) is 3.07. The average molecular weight is 421 g/mol. The maximum absolute atomic E-state index is 13.1. The third kappa shape index (κ3) is 4.83. The van der Waals surface area contributed by atoms with Crippen LogP contribution in [0.1, 0.15) is 35.8 Å². The molecule has 1 aliphatic heterocycles. The first-order valence-electron chi connectivity index (χ1n) is 9.59. The monoisotopic (exact) mass is 420 g/mol. The number of piperazine rings is 1. The Hall–Kier alpha value is -2.29. The van der Waals surface area contributed by atoms with Gasteiger partial charge in [-0.15, -0.1) is 0 Å². The lowest BCUT2D eigenvalue weighted by atomic mass is 10.1. The van der Waals surface area contributed by atoms with Crippen molar-refractivity contribution in [2.24, 2.45) is 0 Å². The van der Waals surface area contributed by atoms with Gasteiger partial charge >= 0.3 is 5.97 Å². The normalized spacial score (nSPS) is 17.1. The molecule has 0 N–H and O–H groups in total. The van der Waals surface area contributed by atoms with Crippen molar-refractivity contribution in [1.29, 1.82) is 0 Å². The predicted molar refractivity (Wildman–Crippen MR) is 108 cm³/mol. The number of esters is 1. The quantitative estimate of drug-likeness (QED) is 0.672. The van der Waals surface area contributed by atoms with Crippen LogP contribution in [0.3, 0.4) is 0 Å². The summed E-state index contributed by atoms with van der Waals surface area (Å²) >= 11 is 0. The Labute approximate surface area is 170 Å². The van der Waals surface area contributed by atoms with Crippen LogP contribution >= 0.6 is 0 Å². The van der Waals surface area contributed by atoms with E-state index >= 15 is 0 Å². The zero-order valence-electron chi connectivity index (χ0n) is 16.5. The van der Waals surface area contributed by atoms with Gasteiger partial charge in [0.15, 0.2) is 0 Å². The molecular weight excluding hydrogens is 395 g/mol. The SMILES string of the molecule is CCOC(=O)c1ccc(S(=O)(=O)N2CCN([C@H](C)c3ccc(F)cc3)CC2)cc1. The van der Waals surface area contributed by atoms with E-state index in [1.807, 2.05) is 6.92 Å². The average Bonchev–Trinajstić information content (AvgIpc) is 2.74. The third-order valence-corrected chi connectivity index (χ3v) is 7.09. The maximum Gasteiger partial charge on any atom is 0.338 e. The van der Waals surface area contributed by atoms with Gasteiger partial charge < -0.3 is 4.74 Å². The molecule has 0 aliphatic carbocycles. The fourth-order valence-electron chi connectivity index (χ4n) is 3.41. The van der Waals surface area contributed by atoms with Crippen molar-refractivity contribution in [3.05, 3.63) is 65.5 Å². The molecule has 156 valence electrons. The molecule has 6 nitrogen and oxygen atoms in total. The number of nitrogens with zero attached hydrogens (tertiary/aromatic N) is 2. The minimum absolute atomic E-state index is 0.0734. The number of carbonyl (C=O) groups excluding carboxylic acids is 1. The van der Waals surface area contributed by atoms with Crippen LogP contribution in [0.5, 0.6) is 0 Å². The van der Waals surface area contributed by atoms with Gasteiger partial charge in [0.2, 0.25) is 10.0 Å². The first-order chi connectivity index (χ1) is 13.8. The molecule has 0 bridgehead atoms. The van der Waals surface area contributed by atoms with Crippen LogP contribution in [0.4, 0.5) is 4.39 Å². The van der Waals surface area contributed by atoms with Crippen LogP contribution in [0.15, 0.2) is 53.4 Å². The van der Waals surface area contributed by atoms with E-state index in [1.54, 1.807) is 19.1 Å². The highest BCUT2D eigenvalue weighted by molar-refractivity contribution is 7.89. The van der Waals surface area contributed by atoms with Crippen LogP contribution in [0, 0.1) is 5.82 Å². The molecule has 0 saturated carbocycles. The van der Waals surface area contributed by atoms with E-state index < -0.39 is 16.0 Å². The molecular formula is C21H25FN2O4S. The second kappa shape index (κ2) is 9.02. The van der Waals surface area contributed by atoms with Crippen LogP contribution in [0.25, 0.3) is 0 Å². The van der Waals surface area contributed by atoms with Crippen molar-refractivity contribution >= 4 is 16.0 Å². The Bertz CT molecular complexity index is 938. The lowest BCUT2D eigenvalue weighted by Gasteiger charge is -2.37. The summed E-state index contributed by atoms with van der Waals surface area (Å²) in [6.45, 7) is 5.91. The lowest BCUT2D eigenvalue weighted by molar-refractivity contribution is 0.0526. The number of carbonyl (C=O) groups is 1. The molecule has 8 heteroatoms. The molecule has 0 spiro atoms. The van der Waals surface area contributed by atoms with E-state index in [4.69, 9.17) is 4.74 Å². The number of hydrogen-bond acceptors (Lipinski definition) is 5. The molecule has 0 aromatic heterocycles. The Kier molecular flexibility index (Phi) is 6.66. The van der Waals surface area contributed by atoms with Crippen molar-refractivity contribution in [1.82, 2.24) is 9.21 Å². The number of sulfonamides is 1. The van der Waals surface area contributed by atoms with E-state index in [1.165, 1.54) is 40.7 Å². The first kappa shape index (κ1) is 21.4. The smallest absolute Gasteiger partial charge is 0.338 e. The van der Waals surface area contributed by atoms with Crippen molar-refractivity contribution in [3.63, 3.8) is 0 Å². The number of benzene rings is 2. The third-order valence-electron chi connectivity index (χ3n) is 5.18. The van der Waals surface area contributed by atoms with Gasteiger partial charge in [0.05, 0.1) is 17.1 Å². The van der Waals surface area contributed by atoms with E-state index in [2.05, 4.69) is 4.90 Å². The van der Waals surface area contributed by atoms with E-state index in [-0.39, 0.29) is 23.4 Å². The molecule has 1 saturated heterocycles. The Morgan fingerprint density at radius 3 is 2.17 bits per heavy atom. The minimum atomic E-state index is -3.63. The van der Waals surface area contributed by atoms with Gasteiger partial charge in [-0.25, -0.2) is 17.6 Å². The number of halogens is 1. The molecule has 1 fully saturated rings. The largest absolute Gasteiger partial charge is 0.462 e. The summed E-state index contributed by atoms with van der Waals surface area (Å²) < 4.78 is 45.4. The molecule has 1 heterocycles. The topological polar surface area (TPSA) is 66.9 Å². The van der Waals surface area contributed by atoms with Gasteiger partial charge in [0.25, 0.3) is 0 Å². The fraction of sp³-hybridized carbons (Fsp3) is 0.381. The summed E-state index contributed by atoms with van der Waals surface area (Å²) in [6.07, 6.45) is 0. The zero-order chi connectivity index (χ0) is 21.0. The Balaban J connectivity index is 1.64. The van der Waals surface area contributed by atoms with Gasteiger partial charge in [-0.05, 0) is 55.8 Å². The Morgan fingerprint density at radius 2 is 1.62 bits per heavy atom. The highest BCUT2D eigenvalue weighted by Gasteiger charge is 2.30. The summed E-state index contributed by atoms with van der Waals surface area (Å²) in [4.78, 5) is 14.1. The summed E-state index contributed by atoms with van der Waals surface area (Å²) in [5.41, 5.74) is 1.32. The van der Waals surface area contributed by atoms with Crippen molar-refractivity contribution in [2.75, 3.05) is 32.8 Å². The molecule has 0 radical (unpaired) electrons. The summed E-state index contributed by atoms with van der Waals surface area (Å²) in [7, 11) is -3.63.